The van der Waals surface area contributed by atoms with Crippen LogP contribution < -0.4 is 15.8 Å². The molecular formula is C18H15F2N5O4S. The molecule has 0 saturated carbocycles. The molecule has 30 heavy (non-hydrogen) atoms. The van der Waals surface area contributed by atoms with Gasteiger partial charge in [0, 0.05) is 25.5 Å². The highest BCUT2D eigenvalue weighted by atomic mass is 32.2. The molecule has 1 aromatic heterocycles. The first-order chi connectivity index (χ1) is 14.3. The molecule has 0 unspecified atom stereocenters. The van der Waals surface area contributed by atoms with Crippen LogP contribution in [-0.4, -0.2) is 51.6 Å². The van der Waals surface area contributed by atoms with Gasteiger partial charge < -0.3 is 15.8 Å². The maximum Gasteiger partial charge on any atom is 0.387 e. The molecular weight excluding hydrogens is 420 g/mol. The second-order valence-electron chi connectivity index (χ2n) is 5.83. The number of thioether (sulfide) groups is 1. The zero-order chi connectivity index (χ0) is 21.7. The van der Waals surface area contributed by atoms with Crippen LogP contribution in [0.25, 0.3) is 6.08 Å². The van der Waals surface area contributed by atoms with Gasteiger partial charge in [0.15, 0.2) is 11.5 Å². The maximum absolute atomic E-state index is 12.5. The molecule has 1 saturated heterocycles. The Hall–Kier alpha value is -3.54. The maximum atomic E-state index is 12.5. The highest BCUT2D eigenvalue weighted by Gasteiger charge is 2.34. The number of nitrogen functional groups attached to an aromatic ring is 1. The zero-order valence-corrected chi connectivity index (χ0v) is 16.1. The monoisotopic (exact) mass is 435 g/mol. The van der Waals surface area contributed by atoms with Crippen LogP contribution in [0.5, 0.6) is 5.75 Å². The zero-order valence-electron chi connectivity index (χ0n) is 15.2. The summed E-state index contributed by atoms with van der Waals surface area (Å²) in [4.78, 5) is 45.4. The van der Waals surface area contributed by atoms with Crippen LogP contribution in [0.3, 0.4) is 0 Å². The SMILES string of the molecule is Nc1nccnc1C(=O)NCCN1C(=O)S/C(=C\c2ccc(OC(F)F)cc2)C1=O. The van der Waals surface area contributed by atoms with E-state index in [0.717, 1.165) is 16.7 Å². The van der Waals surface area contributed by atoms with Crippen molar-refractivity contribution in [1.29, 1.82) is 0 Å². The van der Waals surface area contributed by atoms with Crippen molar-refractivity contribution in [2.24, 2.45) is 0 Å². The minimum Gasteiger partial charge on any atom is -0.435 e. The van der Waals surface area contributed by atoms with Gasteiger partial charge in [0.1, 0.15) is 5.75 Å². The van der Waals surface area contributed by atoms with Gasteiger partial charge in [-0.05, 0) is 35.5 Å². The van der Waals surface area contributed by atoms with Gasteiger partial charge in [-0.15, -0.1) is 0 Å². The topological polar surface area (TPSA) is 128 Å². The normalized spacial score (nSPS) is 15.2. The van der Waals surface area contributed by atoms with Gasteiger partial charge in [-0.2, -0.15) is 8.78 Å². The van der Waals surface area contributed by atoms with Crippen molar-refractivity contribution in [2.75, 3.05) is 18.8 Å². The number of nitrogens with one attached hydrogen (secondary N) is 1. The third kappa shape index (κ3) is 5.08. The molecule has 1 aliphatic heterocycles. The van der Waals surface area contributed by atoms with Crippen molar-refractivity contribution in [3.63, 3.8) is 0 Å². The van der Waals surface area contributed by atoms with Crippen molar-refractivity contribution in [3.05, 3.63) is 52.8 Å². The number of imide groups is 1. The smallest absolute Gasteiger partial charge is 0.387 e. The van der Waals surface area contributed by atoms with Crippen LogP contribution in [0.15, 0.2) is 41.6 Å². The van der Waals surface area contributed by atoms with Gasteiger partial charge >= 0.3 is 6.61 Å². The van der Waals surface area contributed by atoms with Crippen LogP contribution in [0, 0.1) is 0 Å². The molecule has 0 bridgehead atoms. The van der Waals surface area contributed by atoms with E-state index in [4.69, 9.17) is 5.73 Å². The number of amides is 3. The molecule has 0 atom stereocenters. The predicted octanol–water partition coefficient (Wildman–Crippen LogP) is 2.13. The number of carbonyl (C=O) groups excluding carboxylic acids is 3. The van der Waals surface area contributed by atoms with Crippen LogP contribution >= 0.6 is 11.8 Å². The van der Waals surface area contributed by atoms with Gasteiger partial charge in [-0.25, -0.2) is 9.97 Å². The molecule has 0 aliphatic carbocycles. The molecule has 3 N–H and O–H groups in total. The molecule has 12 heteroatoms. The third-order valence-corrected chi connectivity index (χ3v) is 4.75. The number of rotatable bonds is 7. The summed E-state index contributed by atoms with van der Waals surface area (Å²) in [6, 6.07) is 5.63. The van der Waals surface area contributed by atoms with Gasteiger partial charge in [-0.1, -0.05) is 12.1 Å². The Morgan fingerprint density at radius 3 is 2.60 bits per heavy atom. The van der Waals surface area contributed by atoms with E-state index < -0.39 is 23.7 Å². The third-order valence-electron chi connectivity index (χ3n) is 3.84. The van der Waals surface area contributed by atoms with E-state index in [1.807, 2.05) is 0 Å². The van der Waals surface area contributed by atoms with Gasteiger partial charge in [0.05, 0.1) is 4.91 Å². The van der Waals surface area contributed by atoms with Crippen molar-refractivity contribution in [2.45, 2.75) is 6.61 Å². The first-order valence-corrected chi connectivity index (χ1v) is 9.31. The first kappa shape index (κ1) is 21.2. The fourth-order valence-corrected chi connectivity index (χ4v) is 3.34. The lowest BCUT2D eigenvalue weighted by Crippen LogP contribution is -2.37. The average molecular weight is 435 g/mol. The molecule has 3 amide bonds. The Labute approximate surface area is 173 Å². The quantitative estimate of drug-likeness (QED) is 0.633. The summed E-state index contributed by atoms with van der Waals surface area (Å²) in [6.07, 6.45) is 4.13. The number of alkyl halides is 2. The molecule has 2 heterocycles. The number of nitrogens with zero attached hydrogens (tertiary/aromatic N) is 3. The fraction of sp³-hybridized carbons (Fsp3) is 0.167. The Morgan fingerprint density at radius 1 is 1.23 bits per heavy atom. The summed E-state index contributed by atoms with van der Waals surface area (Å²) >= 11 is 0.741. The Morgan fingerprint density at radius 2 is 1.93 bits per heavy atom. The van der Waals surface area contributed by atoms with E-state index in [-0.39, 0.29) is 35.3 Å². The molecule has 0 spiro atoms. The number of hydrogen-bond donors (Lipinski definition) is 2. The summed E-state index contributed by atoms with van der Waals surface area (Å²) in [5, 5.41) is 2.03. The number of hydrogen-bond acceptors (Lipinski definition) is 8. The van der Waals surface area contributed by atoms with Gasteiger partial charge in [0.25, 0.3) is 17.1 Å². The number of halogens is 2. The number of aromatic nitrogens is 2. The van der Waals surface area contributed by atoms with E-state index in [1.54, 1.807) is 0 Å². The van der Waals surface area contributed by atoms with Crippen LogP contribution in [-0.2, 0) is 4.79 Å². The first-order valence-electron chi connectivity index (χ1n) is 8.50. The fourth-order valence-electron chi connectivity index (χ4n) is 2.48. The van der Waals surface area contributed by atoms with E-state index in [1.165, 1.54) is 42.7 Å². The molecule has 2 aromatic rings. The summed E-state index contributed by atoms with van der Waals surface area (Å²) in [5.41, 5.74) is 6.06. The highest BCUT2D eigenvalue weighted by molar-refractivity contribution is 8.18. The van der Waals surface area contributed by atoms with E-state index in [9.17, 15) is 23.2 Å². The summed E-state index contributed by atoms with van der Waals surface area (Å²) in [6.45, 7) is -2.98. The predicted molar refractivity (Wildman–Crippen MR) is 105 cm³/mol. The Bertz CT molecular complexity index is 1000. The van der Waals surface area contributed by atoms with Crippen molar-refractivity contribution in [3.8, 4) is 5.75 Å². The summed E-state index contributed by atoms with van der Waals surface area (Å²) in [5.74, 6) is -1.15. The lowest BCUT2D eigenvalue weighted by atomic mass is 10.2. The van der Waals surface area contributed by atoms with Crippen LogP contribution in [0.4, 0.5) is 19.4 Å². The second kappa shape index (κ2) is 9.31. The Kier molecular flexibility index (Phi) is 6.57. The van der Waals surface area contributed by atoms with E-state index in [0.29, 0.717) is 5.56 Å². The van der Waals surface area contributed by atoms with Crippen LogP contribution in [0.1, 0.15) is 16.1 Å². The van der Waals surface area contributed by atoms with Crippen LogP contribution in [0.2, 0.25) is 0 Å². The number of ether oxygens (including phenoxy) is 1. The van der Waals surface area contributed by atoms with E-state index in [2.05, 4.69) is 20.0 Å². The van der Waals surface area contributed by atoms with Crippen molar-refractivity contribution >= 4 is 40.7 Å². The summed E-state index contributed by atoms with van der Waals surface area (Å²) < 4.78 is 28.6. The number of anilines is 1. The molecule has 156 valence electrons. The molecule has 1 fully saturated rings. The molecule has 0 radical (unpaired) electrons. The number of benzene rings is 1. The minimum absolute atomic E-state index is 0.000167. The lowest BCUT2D eigenvalue weighted by molar-refractivity contribution is -0.122. The van der Waals surface area contributed by atoms with E-state index >= 15 is 0 Å². The highest BCUT2D eigenvalue weighted by Crippen LogP contribution is 2.32. The number of nitrogens with two attached hydrogens (primary N) is 1. The number of carbonyl (C=O) groups is 3. The minimum atomic E-state index is -2.93. The molecule has 1 aromatic carbocycles. The standard InChI is InChI=1S/C18H15F2N5O4S/c19-17(20)29-11-3-1-10(2-4-11)9-12-16(27)25(18(28)30-12)8-7-24-15(26)13-14(21)23-6-5-22-13/h1-6,9,17H,7-8H2,(H2,21,23)(H,24,26)/b12-9-. The molecule has 1 aliphatic rings. The summed E-state index contributed by atoms with van der Waals surface area (Å²) in [7, 11) is 0. The second-order valence-corrected chi connectivity index (χ2v) is 6.82. The largest absolute Gasteiger partial charge is 0.435 e. The van der Waals surface area contributed by atoms with Crippen molar-refractivity contribution < 1.29 is 27.9 Å². The Balaban J connectivity index is 1.58. The lowest BCUT2D eigenvalue weighted by Gasteiger charge is -2.13. The van der Waals surface area contributed by atoms with Gasteiger partial charge in [-0.3, -0.25) is 19.3 Å². The average Bonchev–Trinajstić information content (AvgIpc) is 2.96. The molecule has 3 rings (SSSR count). The van der Waals surface area contributed by atoms with Gasteiger partial charge in [0.2, 0.25) is 0 Å². The van der Waals surface area contributed by atoms with Crippen molar-refractivity contribution in [1.82, 2.24) is 20.2 Å². The molecule has 9 nitrogen and oxygen atoms in total.